The average Bonchev–Trinajstić information content (AvgIpc) is 2.49. The molecule has 0 heterocycles. The normalized spacial score (nSPS) is 10.2. The number of benzene rings is 2. The van der Waals surface area contributed by atoms with Crippen molar-refractivity contribution in [1.29, 1.82) is 0 Å². The Morgan fingerprint density at radius 2 is 1.78 bits per heavy atom. The van der Waals surface area contributed by atoms with Crippen LogP contribution in [0.15, 0.2) is 36.4 Å². The van der Waals surface area contributed by atoms with Gasteiger partial charge in [-0.25, -0.2) is 4.79 Å². The Bertz CT molecular complexity index is 764. The quantitative estimate of drug-likeness (QED) is 0.815. The molecule has 0 bridgehead atoms. The number of anilines is 1. The summed E-state index contributed by atoms with van der Waals surface area (Å²) in [7, 11) is 0. The predicted octanol–water partition coefficient (Wildman–Crippen LogP) is 4.36. The highest BCUT2D eigenvalue weighted by molar-refractivity contribution is 6.42. The summed E-state index contributed by atoms with van der Waals surface area (Å²) in [6.07, 6.45) is 0. The summed E-state index contributed by atoms with van der Waals surface area (Å²) in [4.78, 5) is 23.0. The first-order valence-electron chi connectivity index (χ1n) is 6.27. The standard InChI is InChI=1S/C15H10Cl3NO4/c16-8-1-4-13(10(5-8)15(21)22)23-7-14(20)19-9-2-3-11(17)12(18)6-9/h1-6H,7H2,(H,19,20)(H,21,22). The number of halogens is 3. The lowest BCUT2D eigenvalue weighted by atomic mass is 10.2. The maximum atomic E-state index is 11.8. The lowest BCUT2D eigenvalue weighted by molar-refractivity contribution is -0.118. The summed E-state index contributed by atoms with van der Waals surface area (Å²) < 4.78 is 5.23. The molecule has 120 valence electrons. The minimum Gasteiger partial charge on any atom is -0.483 e. The van der Waals surface area contributed by atoms with Crippen LogP contribution in [0.4, 0.5) is 5.69 Å². The molecule has 0 atom stereocenters. The zero-order valence-electron chi connectivity index (χ0n) is 11.5. The topological polar surface area (TPSA) is 75.6 Å². The molecular weight excluding hydrogens is 365 g/mol. The molecule has 2 aromatic carbocycles. The van der Waals surface area contributed by atoms with Gasteiger partial charge in [0, 0.05) is 10.7 Å². The number of ether oxygens (including phenoxy) is 1. The first kappa shape index (κ1) is 17.4. The van der Waals surface area contributed by atoms with E-state index in [0.717, 1.165) is 0 Å². The van der Waals surface area contributed by atoms with Crippen LogP contribution in [-0.4, -0.2) is 23.6 Å². The maximum absolute atomic E-state index is 11.8. The van der Waals surface area contributed by atoms with E-state index in [1.54, 1.807) is 12.1 Å². The fraction of sp³-hybridized carbons (Fsp3) is 0.0667. The third-order valence-electron chi connectivity index (χ3n) is 2.73. The largest absolute Gasteiger partial charge is 0.483 e. The molecule has 0 aliphatic carbocycles. The van der Waals surface area contributed by atoms with Gasteiger partial charge in [0.2, 0.25) is 0 Å². The number of hydrogen-bond acceptors (Lipinski definition) is 3. The Balaban J connectivity index is 2.02. The fourth-order valence-corrected chi connectivity index (χ4v) is 2.18. The molecule has 2 N–H and O–H groups in total. The molecule has 5 nitrogen and oxygen atoms in total. The number of nitrogens with one attached hydrogen (secondary N) is 1. The second kappa shape index (κ2) is 7.55. The molecule has 0 saturated carbocycles. The molecule has 0 aliphatic heterocycles. The van der Waals surface area contributed by atoms with Gasteiger partial charge in [-0.05, 0) is 36.4 Å². The van der Waals surface area contributed by atoms with Gasteiger partial charge in [-0.15, -0.1) is 0 Å². The van der Waals surface area contributed by atoms with E-state index in [9.17, 15) is 9.59 Å². The number of carboxylic acid groups (broad SMARTS) is 1. The highest BCUT2D eigenvalue weighted by Crippen LogP contribution is 2.25. The summed E-state index contributed by atoms with van der Waals surface area (Å²) in [5.41, 5.74) is 0.322. The summed E-state index contributed by atoms with van der Waals surface area (Å²) in [6, 6.07) is 8.72. The van der Waals surface area contributed by atoms with Crippen molar-refractivity contribution in [2.45, 2.75) is 0 Å². The Hall–Kier alpha value is -1.95. The molecule has 2 rings (SSSR count). The van der Waals surface area contributed by atoms with E-state index >= 15 is 0 Å². The number of rotatable bonds is 5. The van der Waals surface area contributed by atoms with Crippen LogP contribution in [0.2, 0.25) is 15.1 Å². The Labute approximate surface area is 146 Å². The van der Waals surface area contributed by atoms with Crippen LogP contribution in [0.3, 0.4) is 0 Å². The van der Waals surface area contributed by atoms with Gasteiger partial charge < -0.3 is 15.2 Å². The van der Waals surface area contributed by atoms with Gasteiger partial charge in [-0.1, -0.05) is 34.8 Å². The van der Waals surface area contributed by atoms with E-state index in [0.29, 0.717) is 15.7 Å². The monoisotopic (exact) mass is 373 g/mol. The van der Waals surface area contributed by atoms with E-state index < -0.39 is 11.9 Å². The van der Waals surface area contributed by atoms with Crippen LogP contribution < -0.4 is 10.1 Å². The molecule has 1 amide bonds. The third-order valence-corrected chi connectivity index (χ3v) is 3.71. The van der Waals surface area contributed by atoms with Crippen LogP contribution in [-0.2, 0) is 4.79 Å². The highest BCUT2D eigenvalue weighted by atomic mass is 35.5. The molecule has 0 radical (unpaired) electrons. The second-order valence-electron chi connectivity index (χ2n) is 4.41. The molecule has 8 heteroatoms. The van der Waals surface area contributed by atoms with Gasteiger partial charge in [0.15, 0.2) is 6.61 Å². The first-order valence-corrected chi connectivity index (χ1v) is 7.41. The van der Waals surface area contributed by atoms with E-state index in [-0.39, 0.29) is 22.9 Å². The molecule has 0 fully saturated rings. The molecule has 0 aliphatic rings. The van der Waals surface area contributed by atoms with Crippen molar-refractivity contribution in [3.8, 4) is 5.75 Å². The van der Waals surface area contributed by atoms with Gasteiger partial charge in [0.25, 0.3) is 5.91 Å². The summed E-state index contributed by atoms with van der Waals surface area (Å²) in [5.74, 6) is -1.63. The maximum Gasteiger partial charge on any atom is 0.339 e. The van der Waals surface area contributed by atoms with Gasteiger partial charge in [0.05, 0.1) is 10.0 Å². The van der Waals surface area contributed by atoms with Gasteiger partial charge >= 0.3 is 5.97 Å². The predicted molar refractivity (Wildman–Crippen MR) is 89.0 cm³/mol. The van der Waals surface area contributed by atoms with Crippen LogP contribution in [0.1, 0.15) is 10.4 Å². The van der Waals surface area contributed by atoms with Gasteiger partial charge in [-0.2, -0.15) is 0 Å². The minimum atomic E-state index is -1.20. The fourth-order valence-electron chi connectivity index (χ4n) is 1.71. The zero-order chi connectivity index (χ0) is 17.0. The summed E-state index contributed by atoms with van der Waals surface area (Å²) in [6.45, 7) is -0.373. The van der Waals surface area contributed by atoms with Gasteiger partial charge in [0.1, 0.15) is 11.3 Å². The molecule has 0 spiro atoms. The number of carbonyl (C=O) groups is 2. The molecule has 0 saturated heterocycles. The average molecular weight is 375 g/mol. The van der Waals surface area contributed by atoms with Crippen molar-refractivity contribution in [3.05, 3.63) is 57.0 Å². The molecule has 2 aromatic rings. The van der Waals surface area contributed by atoms with Crippen LogP contribution >= 0.6 is 34.8 Å². The van der Waals surface area contributed by atoms with Crippen molar-refractivity contribution in [2.75, 3.05) is 11.9 Å². The summed E-state index contributed by atoms with van der Waals surface area (Å²) >= 11 is 17.4. The van der Waals surface area contributed by atoms with E-state index in [2.05, 4.69) is 5.32 Å². The van der Waals surface area contributed by atoms with Crippen LogP contribution in [0, 0.1) is 0 Å². The SMILES string of the molecule is O=C(COc1ccc(Cl)cc1C(=O)O)Nc1ccc(Cl)c(Cl)c1. The van der Waals surface area contributed by atoms with Crippen molar-refractivity contribution < 1.29 is 19.4 Å². The first-order chi connectivity index (χ1) is 10.9. The molecule has 0 aromatic heterocycles. The van der Waals surface area contributed by atoms with E-state index in [1.807, 2.05) is 0 Å². The lowest BCUT2D eigenvalue weighted by Crippen LogP contribution is -2.20. The smallest absolute Gasteiger partial charge is 0.339 e. The second-order valence-corrected chi connectivity index (χ2v) is 5.66. The van der Waals surface area contributed by atoms with Crippen LogP contribution in [0.5, 0.6) is 5.75 Å². The molecular formula is C15H10Cl3NO4. The Morgan fingerprint density at radius 1 is 1.04 bits per heavy atom. The van der Waals surface area contributed by atoms with Crippen molar-refractivity contribution in [1.82, 2.24) is 0 Å². The van der Waals surface area contributed by atoms with Crippen molar-refractivity contribution >= 4 is 52.4 Å². The highest BCUT2D eigenvalue weighted by Gasteiger charge is 2.13. The number of aromatic carboxylic acids is 1. The van der Waals surface area contributed by atoms with Crippen LogP contribution in [0.25, 0.3) is 0 Å². The molecule has 23 heavy (non-hydrogen) atoms. The lowest BCUT2D eigenvalue weighted by Gasteiger charge is -2.10. The number of amides is 1. The Kier molecular flexibility index (Phi) is 5.71. The number of carbonyl (C=O) groups excluding carboxylic acids is 1. The van der Waals surface area contributed by atoms with Crippen molar-refractivity contribution in [2.24, 2.45) is 0 Å². The third kappa shape index (κ3) is 4.76. The van der Waals surface area contributed by atoms with Crippen molar-refractivity contribution in [3.63, 3.8) is 0 Å². The van der Waals surface area contributed by atoms with E-state index in [1.165, 1.54) is 24.3 Å². The number of carboxylic acids is 1. The number of hydrogen-bond donors (Lipinski definition) is 2. The van der Waals surface area contributed by atoms with E-state index in [4.69, 9.17) is 44.6 Å². The zero-order valence-corrected chi connectivity index (χ0v) is 13.7. The molecule has 0 unspecified atom stereocenters. The van der Waals surface area contributed by atoms with Gasteiger partial charge in [-0.3, -0.25) is 4.79 Å². The minimum absolute atomic E-state index is 0.0474. The summed E-state index contributed by atoms with van der Waals surface area (Å²) in [5, 5.41) is 12.6. The Morgan fingerprint density at radius 3 is 2.43 bits per heavy atom.